The number of carbonyl (C=O) groups excluding carboxylic acids is 2. The summed E-state index contributed by atoms with van der Waals surface area (Å²) in [5, 5.41) is 15.4. The van der Waals surface area contributed by atoms with E-state index in [0.717, 1.165) is 46.8 Å². The third-order valence-corrected chi connectivity index (χ3v) is 6.73. The molecule has 1 atom stereocenters. The van der Waals surface area contributed by atoms with Crippen molar-refractivity contribution in [2.75, 3.05) is 23.7 Å². The molecule has 1 aliphatic heterocycles. The molecule has 0 bridgehead atoms. The molecule has 2 heterocycles. The Bertz CT molecular complexity index is 1100. The Balaban J connectivity index is 1.39. The molecular weight excluding hydrogens is 422 g/mol. The molecule has 8 heteroatoms. The minimum atomic E-state index is -0.265. The van der Waals surface area contributed by atoms with E-state index >= 15 is 0 Å². The standard InChI is InChI=1S/C24H27N5O2S/c1-3-17-7-4-5-9-20(17)26-24(31)29-14-6-8-18(15-29)22-27-28-23(32-22)21(30)25-19-12-10-16(2)11-13-19/h4-5,7,9-13,18H,3,6,8,14-15H2,1-2H3,(H,25,30)(H,26,31)/t18-/m1/s1. The molecule has 3 aromatic rings. The van der Waals surface area contributed by atoms with E-state index in [1.165, 1.54) is 11.3 Å². The van der Waals surface area contributed by atoms with E-state index < -0.39 is 0 Å². The summed E-state index contributed by atoms with van der Waals surface area (Å²) < 4.78 is 0. The highest BCUT2D eigenvalue weighted by Gasteiger charge is 2.28. The van der Waals surface area contributed by atoms with Gasteiger partial charge in [-0.2, -0.15) is 0 Å². The fourth-order valence-electron chi connectivity index (χ4n) is 3.82. The second kappa shape index (κ2) is 9.91. The van der Waals surface area contributed by atoms with Crippen molar-refractivity contribution in [2.45, 2.75) is 39.0 Å². The lowest BCUT2D eigenvalue weighted by molar-refractivity contribution is 0.102. The maximum absolute atomic E-state index is 12.9. The number of rotatable bonds is 5. The number of nitrogens with one attached hydrogen (secondary N) is 2. The van der Waals surface area contributed by atoms with Gasteiger partial charge in [-0.1, -0.05) is 54.2 Å². The predicted octanol–water partition coefficient (Wildman–Crippen LogP) is 5.07. The Morgan fingerprint density at radius 3 is 2.66 bits per heavy atom. The molecule has 1 fully saturated rings. The second-order valence-corrected chi connectivity index (χ2v) is 9.00. The van der Waals surface area contributed by atoms with Crippen LogP contribution in [0.3, 0.4) is 0 Å². The summed E-state index contributed by atoms with van der Waals surface area (Å²) in [4.78, 5) is 27.3. The highest BCUT2D eigenvalue weighted by molar-refractivity contribution is 7.13. The Labute approximate surface area is 191 Å². The van der Waals surface area contributed by atoms with E-state index in [2.05, 4.69) is 27.8 Å². The Morgan fingerprint density at radius 2 is 1.88 bits per heavy atom. The van der Waals surface area contributed by atoms with Crippen molar-refractivity contribution in [1.29, 1.82) is 0 Å². The Kier molecular flexibility index (Phi) is 6.80. The van der Waals surface area contributed by atoms with Gasteiger partial charge in [0.15, 0.2) is 0 Å². The quantitative estimate of drug-likeness (QED) is 0.569. The molecule has 32 heavy (non-hydrogen) atoms. The SMILES string of the molecule is CCc1ccccc1NC(=O)N1CCC[C@@H](c2nnc(C(=O)Nc3ccc(C)cc3)s2)C1. The fourth-order valence-corrected chi connectivity index (χ4v) is 4.68. The highest BCUT2D eigenvalue weighted by Crippen LogP contribution is 2.30. The number of aryl methyl sites for hydroxylation is 2. The van der Waals surface area contributed by atoms with E-state index in [0.29, 0.717) is 18.1 Å². The highest BCUT2D eigenvalue weighted by atomic mass is 32.1. The van der Waals surface area contributed by atoms with Crippen LogP contribution in [0, 0.1) is 6.92 Å². The number of urea groups is 1. The maximum atomic E-state index is 12.9. The second-order valence-electron chi connectivity index (χ2n) is 7.99. The van der Waals surface area contributed by atoms with Crippen LogP contribution in [0.1, 0.15) is 51.6 Å². The Hall–Kier alpha value is -3.26. The molecule has 2 aromatic carbocycles. The average molecular weight is 450 g/mol. The molecule has 1 aromatic heterocycles. The third-order valence-electron chi connectivity index (χ3n) is 5.64. The first kappa shape index (κ1) is 22.0. The summed E-state index contributed by atoms with van der Waals surface area (Å²) in [7, 11) is 0. The summed E-state index contributed by atoms with van der Waals surface area (Å²) in [5.41, 5.74) is 3.83. The van der Waals surface area contributed by atoms with Crippen molar-refractivity contribution in [3.05, 3.63) is 69.7 Å². The number of aromatic nitrogens is 2. The van der Waals surface area contributed by atoms with Crippen LogP contribution in [0.15, 0.2) is 48.5 Å². The first-order valence-corrected chi connectivity index (χ1v) is 11.7. The molecule has 0 aliphatic carbocycles. The molecule has 0 saturated carbocycles. The molecule has 0 spiro atoms. The summed E-state index contributed by atoms with van der Waals surface area (Å²) in [6.45, 7) is 5.34. The van der Waals surface area contributed by atoms with Crippen LogP contribution in [0.5, 0.6) is 0 Å². The predicted molar refractivity (Wildman–Crippen MR) is 127 cm³/mol. The van der Waals surface area contributed by atoms with E-state index in [4.69, 9.17) is 0 Å². The molecule has 166 valence electrons. The normalized spacial score (nSPS) is 15.9. The molecule has 4 rings (SSSR count). The van der Waals surface area contributed by atoms with Gasteiger partial charge in [0.2, 0.25) is 5.01 Å². The van der Waals surface area contributed by atoms with Crippen LogP contribution in [0.2, 0.25) is 0 Å². The lowest BCUT2D eigenvalue weighted by Gasteiger charge is -2.31. The summed E-state index contributed by atoms with van der Waals surface area (Å²) in [6, 6.07) is 15.4. The largest absolute Gasteiger partial charge is 0.324 e. The van der Waals surface area contributed by atoms with Crippen LogP contribution in [0.25, 0.3) is 0 Å². The van der Waals surface area contributed by atoms with E-state index in [9.17, 15) is 9.59 Å². The van der Waals surface area contributed by atoms with Gasteiger partial charge in [-0.05, 0) is 49.9 Å². The van der Waals surface area contributed by atoms with Crippen molar-refractivity contribution >= 4 is 34.6 Å². The smallest absolute Gasteiger partial charge is 0.321 e. The summed E-state index contributed by atoms with van der Waals surface area (Å²) in [6.07, 6.45) is 2.67. The number of anilines is 2. The Morgan fingerprint density at radius 1 is 1.09 bits per heavy atom. The number of nitrogens with zero attached hydrogens (tertiary/aromatic N) is 3. The average Bonchev–Trinajstić information content (AvgIpc) is 3.32. The lowest BCUT2D eigenvalue weighted by atomic mass is 9.99. The third kappa shape index (κ3) is 5.13. The zero-order valence-corrected chi connectivity index (χ0v) is 19.1. The molecule has 1 saturated heterocycles. The van der Waals surface area contributed by atoms with Crippen molar-refractivity contribution in [3.8, 4) is 0 Å². The van der Waals surface area contributed by atoms with Crippen molar-refractivity contribution in [3.63, 3.8) is 0 Å². The number of amides is 3. The van der Waals surface area contributed by atoms with Crippen LogP contribution >= 0.6 is 11.3 Å². The lowest BCUT2D eigenvalue weighted by Crippen LogP contribution is -2.41. The van der Waals surface area contributed by atoms with Gasteiger partial charge in [-0.3, -0.25) is 4.79 Å². The van der Waals surface area contributed by atoms with Gasteiger partial charge in [0.25, 0.3) is 5.91 Å². The van der Waals surface area contributed by atoms with Crippen molar-refractivity contribution in [2.24, 2.45) is 0 Å². The summed E-state index contributed by atoms with van der Waals surface area (Å²) in [5.74, 6) is -0.187. The topological polar surface area (TPSA) is 87.2 Å². The van der Waals surface area contributed by atoms with E-state index in [1.807, 2.05) is 60.4 Å². The number of likely N-dealkylation sites (tertiary alicyclic amines) is 1. The molecule has 2 N–H and O–H groups in total. The number of hydrogen-bond acceptors (Lipinski definition) is 5. The van der Waals surface area contributed by atoms with Crippen molar-refractivity contribution in [1.82, 2.24) is 15.1 Å². The molecule has 0 radical (unpaired) electrons. The molecule has 7 nitrogen and oxygen atoms in total. The maximum Gasteiger partial charge on any atom is 0.321 e. The summed E-state index contributed by atoms with van der Waals surface area (Å²) >= 11 is 1.30. The van der Waals surface area contributed by atoms with Crippen LogP contribution in [-0.2, 0) is 6.42 Å². The first-order chi connectivity index (χ1) is 15.5. The monoisotopic (exact) mass is 449 g/mol. The number of benzene rings is 2. The minimum absolute atomic E-state index is 0.0781. The number of hydrogen-bond donors (Lipinski definition) is 2. The van der Waals surface area contributed by atoms with Gasteiger partial charge in [-0.15, -0.1) is 10.2 Å². The van der Waals surface area contributed by atoms with Crippen LogP contribution in [0.4, 0.5) is 16.2 Å². The molecule has 1 aliphatic rings. The van der Waals surface area contributed by atoms with Gasteiger partial charge in [0.1, 0.15) is 5.01 Å². The van der Waals surface area contributed by atoms with E-state index in [-0.39, 0.29) is 17.9 Å². The first-order valence-electron chi connectivity index (χ1n) is 10.9. The minimum Gasteiger partial charge on any atom is -0.324 e. The zero-order valence-electron chi connectivity index (χ0n) is 18.3. The zero-order chi connectivity index (χ0) is 22.5. The van der Waals surface area contributed by atoms with Gasteiger partial charge < -0.3 is 15.5 Å². The van der Waals surface area contributed by atoms with Crippen LogP contribution < -0.4 is 10.6 Å². The van der Waals surface area contributed by atoms with Gasteiger partial charge in [0.05, 0.1) is 0 Å². The molecule has 0 unspecified atom stereocenters. The number of para-hydroxylation sites is 1. The van der Waals surface area contributed by atoms with Gasteiger partial charge in [-0.25, -0.2) is 4.79 Å². The number of piperidine rings is 1. The molecule has 3 amide bonds. The van der Waals surface area contributed by atoms with Gasteiger partial charge >= 0.3 is 6.03 Å². The molecular formula is C24H27N5O2S. The van der Waals surface area contributed by atoms with E-state index in [1.54, 1.807) is 0 Å². The van der Waals surface area contributed by atoms with Crippen LogP contribution in [-0.4, -0.2) is 40.1 Å². The van der Waals surface area contributed by atoms with Gasteiger partial charge in [0, 0.05) is 30.4 Å². The fraction of sp³-hybridized carbons (Fsp3) is 0.333. The number of carbonyl (C=O) groups is 2. The van der Waals surface area contributed by atoms with Crippen molar-refractivity contribution < 1.29 is 9.59 Å².